The van der Waals surface area contributed by atoms with E-state index in [4.69, 9.17) is 4.74 Å². The smallest absolute Gasteiger partial charge is 0.0587 e. The molecule has 0 radical (unpaired) electrons. The Hall–Kier alpha value is -0.380. The molecule has 0 bridgehead atoms. The molecule has 1 aliphatic rings. The summed E-state index contributed by atoms with van der Waals surface area (Å²) in [6.45, 7) is 2.88. The molecule has 1 saturated carbocycles. The van der Waals surface area contributed by atoms with Crippen LogP contribution in [0, 0.1) is 0 Å². The van der Waals surface area contributed by atoms with Crippen molar-refractivity contribution < 1.29 is 4.74 Å². The zero-order valence-corrected chi connectivity index (χ0v) is 12.2. The summed E-state index contributed by atoms with van der Waals surface area (Å²) in [5, 5.41) is 5.81. The van der Waals surface area contributed by atoms with E-state index in [0.29, 0.717) is 5.41 Å². The maximum absolute atomic E-state index is 5.12. The van der Waals surface area contributed by atoms with E-state index >= 15 is 0 Å². The van der Waals surface area contributed by atoms with Gasteiger partial charge < -0.3 is 10.1 Å². The highest BCUT2D eigenvalue weighted by Gasteiger charge is 2.33. The van der Waals surface area contributed by atoms with Gasteiger partial charge in [0.1, 0.15) is 0 Å². The first-order valence-electron chi connectivity index (χ1n) is 7.11. The molecular weight excluding hydrogens is 242 g/mol. The van der Waals surface area contributed by atoms with Gasteiger partial charge in [-0.15, -0.1) is 11.3 Å². The molecule has 0 aromatic carbocycles. The molecule has 0 unspecified atom stereocenters. The molecule has 1 aliphatic carbocycles. The van der Waals surface area contributed by atoms with Crippen LogP contribution in [0.1, 0.15) is 43.4 Å². The summed E-state index contributed by atoms with van der Waals surface area (Å²) >= 11 is 1.93. The summed E-state index contributed by atoms with van der Waals surface area (Å²) in [7, 11) is 1.77. The van der Waals surface area contributed by atoms with Gasteiger partial charge in [0.15, 0.2) is 0 Å². The van der Waals surface area contributed by atoms with E-state index in [2.05, 4.69) is 22.8 Å². The third kappa shape index (κ3) is 3.56. The van der Waals surface area contributed by atoms with E-state index in [1.165, 1.54) is 38.5 Å². The molecule has 2 nitrogen and oxygen atoms in total. The topological polar surface area (TPSA) is 21.3 Å². The minimum atomic E-state index is 0.387. The fourth-order valence-electron chi connectivity index (χ4n) is 3.00. The minimum absolute atomic E-state index is 0.387. The van der Waals surface area contributed by atoms with E-state index in [-0.39, 0.29) is 0 Å². The van der Waals surface area contributed by atoms with Crippen LogP contribution >= 0.6 is 11.3 Å². The lowest BCUT2D eigenvalue weighted by molar-refractivity contribution is 0.195. The Balaban J connectivity index is 2.01. The first-order chi connectivity index (χ1) is 8.87. The van der Waals surface area contributed by atoms with Gasteiger partial charge in [-0.25, -0.2) is 0 Å². The summed E-state index contributed by atoms with van der Waals surface area (Å²) in [6.07, 6.45) is 8.26. The number of nitrogens with one attached hydrogen (secondary N) is 1. The molecule has 0 spiro atoms. The average Bonchev–Trinajstić information content (AvgIpc) is 2.83. The number of rotatable bonds is 6. The highest BCUT2D eigenvalue weighted by atomic mass is 32.1. The van der Waals surface area contributed by atoms with Crippen molar-refractivity contribution >= 4 is 11.3 Å². The maximum Gasteiger partial charge on any atom is 0.0587 e. The van der Waals surface area contributed by atoms with E-state index in [1.807, 2.05) is 11.3 Å². The second kappa shape index (κ2) is 7.27. The first-order valence-corrected chi connectivity index (χ1v) is 7.99. The Morgan fingerprint density at radius 2 is 2.06 bits per heavy atom. The number of thiophene rings is 1. The van der Waals surface area contributed by atoms with Crippen molar-refractivity contribution in [2.24, 2.45) is 0 Å². The van der Waals surface area contributed by atoms with Gasteiger partial charge in [0.05, 0.1) is 6.61 Å². The lowest BCUT2D eigenvalue weighted by Gasteiger charge is -2.32. The predicted molar refractivity (Wildman–Crippen MR) is 78.4 cm³/mol. The first kappa shape index (κ1) is 14.0. The van der Waals surface area contributed by atoms with Crippen molar-refractivity contribution in [3.8, 4) is 0 Å². The number of hydrogen-bond acceptors (Lipinski definition) is 3. The van der Waals surface area contributed by atoms with Gasteiger partial charge in [-0.05, 0) is 24.3 Å². The van der Waals surface area contributed by atoms with Crippen molar-refractivity contribution in [3.05, 3.63) is 22.4 Å². The zero-order chi connectivity index (χ0) is 12.7. The van der Waals surface area contributed by atoms with Crippen LogP contribution in [-0.4, -0.2) is 26.8 Å². The molecule has 0 aliphatic heterocycles. The lowest BCUT2D eigenvalue weighted by atomic mass is 9.79. The molecule has 0 amide bonds. The monoisotopic (exact) mass is 267 g/mol. The normalized spacial score (nSPS) is 19.6. The molecule has 1 aromatic heterocycles. The van der Waals surface area contributed by atoms with Crippen LogP contribution in [0.3, 0.4) is 0 Å². The summed E-state index contributed by atoms with van der Waals surface area (Å²) < 4.78 is 5.12. The Bertz CT molecular complexity index is 315. The van der Waals surface area contributed by atoms with Crippen LogP contribution in [-0.2, 0) is 10.2 Å². The molecule has 18 heavy (non-hydrogen) atoms. The van der Waals surface area contributed by atoms with Gasteiger partial charge in [-0.1, -0.05) is 31.7 Å². The van der Waals surface area contributed by atoms with Gasteiger partial charge in [0.25, 0.3) is 0 Å². The Labute approximate surface area is 115 Å². The summed E-state index contributed by atoms with van der Waals surface area (Å²) in [5.41, 5.74) is 0.387. The van der Waals surface area contributed by atoms with Gasteiger partial charge in [0.2, 0.25) is 0 Å². The fourth-order valence-corrected chi connectivity index (χ4v) is 3.99. The second-order valence-electron chi connectivity index (χ2n) is 5.34. The lowest BCUT2D eigenvalue weighted by Crippen LogP contribution is -2.38. The highest BCUT2D eigenvalue weighted by Crippen LogP contribution is 2.40. The average molecular weight is 267 g/mol. The molecular formula is C15H25NOS. The Morgan fingerprint density at radius 1 is 1.28 bits per heavy atom. The van der Waals surface area contributed by atoms with Crippen LogP contribution < -0.4 is 5.32 Å². The summed E-state index contributed by atoms with van der Waals surface area (Å²) in [6, 6.07) is 4.52. The highest BCUT2D eigenvalue weighted by molar-refractivity contribution is 7.10. The van der Waals surface area contributed by atoms with E-state index in [1.54, 1.807) is 12.0 Å². The largest absolute Gasteiger partial charge is 0.383 e. The minimum Gasteiger partial charge on any atom is -0.383 e. The van der Waals surface area contributed by atoms with E-state index in [0.717, 1.165) is 19.7 Å². The summed E-state index contributed by atoms with van der Waals surface area (Å²) in [4.78, 5) is 1.58. The third-order valence-corrected chi connectivity index (χ3v) is 5.17. The molecule has 3 heteroatoms. The van der Waals surface area contributed by atoms with Crippen molar-refractivity contribution in [1.29, 1.82) is 0 Å². The van der Waals surface area contributed by atoms with Gasteiger partial charge >= 0.3 is 0 Å². The molecule has 0 saturated heterocycles. The quantitative estimate of drug-likeness (QED) is 0.628. The van der Waals surface area contributed by atoms with Crippen molar-refractivity contribution in [3.63, 3.8) is 0 Å². The van der Waals surface area contributed by atoms with Gasteiger partial charge in [-0.3, -0.25) is 0 Å². The summed E-state index contributed by atoms with van der Waals surface area (Å²) in [5.74, 6) is 0. The van der Waals surface area contributed by atoms with E-state index in [9.17, 15) is 0 Å². The van der Waals surface area contributed by atoms with Crippen molar-refractivity contribution in [2.75, 3.05) is 26.8 Å². The van der Waals surface area contributed by atoms with Crippen LogP contribution in [0.25, 0.3) is 0 Å². The Kier molecular flexibility index (Phi) is 5.67. The number of ether oxygens (including phenoxy) is 1. The van der Waals surface area contributed by atoms with Crippen LogP contribution in [0.5, 0.6) is 0 Å². The predicted octanol–water partition coefficient (Wildman–Crippen LogP) is 3.58. The Morgan fingerprint density at radius 3 is 2.67 bits per heavy atom. The maximum atomic E-state index is 5.12. The van der Waals surface area contributed by atoms with Gasteiger partial charge in [-0.2, -0.15) is 0 Å². The van der Waals surface area contributed by atoms with Crippen LogP contribution in [0.4, 0.5) is 0 Å². The fraction of sp³-hybridized carbons (Fsp3) is 0.733. The third-order valence-electron chi connectivity index (χ3n) is 4.05. The molecule has 0 atom stereocenters. The molecule has 1 heterocycles. The molecule has 102 valence electrons. The standard InChI is InChI=1S/C15H25NOS/c1-17-11-10-16-13-15(14-7-6-12-18-14)8-4-2-3-5-9-15/h6-7,12,16H,2-5,8-11,13H2,1H3. The molecule has 1 N–H and O–H groups in total. The molecule has 1 fully saturated rings. The molecule has 2 rings (SSSR count). The number of hydrogen-bond donors (Lipinski definition) is 1. The zero-order valence-electron chi connectivity index (χ0n) is 11.4. The van der Waals surface area contributed by atoms with Gasteiger partial charge in [0, 0.05) is 30.5 Å². The molecule has 1 aromatic rings. The SMILES string of the molecule is COCCNCC1(c2cccs2)CCCCCC1. The van der Waals surface area contributed by atoms with Crippen molar-refractivity contribution in [2.45, 2.75) is 43.9 Å². The second-order valence-corrected chi connectivity index (χ2v) is 6.29. The van der Waals surface area contributed by atoms with Crippen LogP contribution in [0.15, 0.2) is 17.5 Å². The van der Waals surface area contributed by atoms with E-state index < -0.39 is 0 Å². The number of methoxy groups -OCH3 is 1. The van der Waals surface area contributed by atoms with Crippen LogP contribution in [0.2, 0.25) is 0 Å². The van der Waals surface area contributed by atoms with Crippen molar-refractivity contribution in [1.82, 2.24) is 5.32 Å².